The smallest absolute Gasteiger partial charge is 0.0725 e. The Morgan fingerprint density at radius 2 is 1.79 bits per heavy atom. The van der Waals surface area contributed by atoms with Crippen LogP contribution in [0.25, 0.3) is 0 Å². The highest BCUT2D eigenvalue weighted by Crippen LogP contribution is 2.13. The van der Waals surface area contributed by atoms with Crippen LogP contribution in [0.5, 0.6) is 0 Å². The van der Waals surface area contributed by atoms with Crippen molar-refractivity contribution in [3.05, 3.63) is 0 Å². The highest BCUT2D eigenvalue weighted by Gasteiger charge is 2.18. The van der Waals surface area contributed by atoms with Crippen LogP contribution in [0.2, 0.25) is 0 Å². The summed E-state index contributed by atoms with van der Waals surface area (Å²) in [5.41, 5.74) is 0. The van der Waals surface area contributed by atoms with Gasteiger partial charge in [0.1, 0.15) is 0 Å². The van der Waals surface area contributed by atoms with Crippen molar-refractivity contribution in [1.82, 2.24) is 5.32 Å². The molecule has 0 aliphatic heterocycles. The van der Waals surface area contributed by atoms with E-state index in [0.29, 0.717) is 12.1 Å². The number of rotatable bonds is 8. The molecule has 2 nitrogen and oxygen atoms in total. The van der Waals surface area contributed by atoms with Crippen LogP contribution in [-0.2, 0) is 4.74 Å². The second-order valence-corrected chi connectivity index (χ2v) is 4.27. The fourth-order valence-corrected chi connectivity index (χ4v) is 1.76. The van der Waals surface area contributed by atoms with Crippen molar-refractivity contribution in [2.45, 2.75) is 59.1 Å². The molecule has 0 saturated heterocycles. The Hall–Kier alpha value is -0.0800. The number of hydrogen-bond acceptors (Lipinski definition) is 2. The van der Waals surface area contributed by atoms with Crippen molar-refractivity contribution in [3.8, 4) is 0 Å². The van der Waals surface area contributed by atoms with Crippen LogP contribution < -0.4 is 5.32 Å². The summed E-state index contributed by atoms with van der Waals surface area (Å²) in [5.74, 6) is 0.782. The third kappa shape index (κ3) is 5.61. The molecule has 0 fully saturated rings. The SMILES string of the molecule is CCOC(CC)C(CCC(C)C)NC. The maximum Gasteiger partial charge on any atom is 0.0725 e. The predicted molar refractivity (Wildman–Crippen MR) is 62.6 cm³/mol. The zero-order valence-electron chi connectivity index (χ0n) is 10.5. The molecule has 0 aromatic rings. The minimum atomic E-state index is 0.378. The first-order chi connectivity index (χ1) is 6.65. The molecule has 0 radical (unpaired) electrons. The summed E-state index contributed by atoms with van der Waals surface area (Å²) in [6.07, 6.45) is 3.96. The standard InChI is InChI=1S/C12H27NO/c1-6-12(14-7-2)11(13-5)9-8-10(3)4/h10-13H,6-9H2,1-5H3. The fourth-order valence-electron chi connectivity index (χ4n) is 1.76. The van der Waals surface area contributed by atoms with E-state index in [1.54, 1.807) is 0 Å². The van der Waals surface area contributed by atoms with Crippen LogP contribution in [0.4, 0.5) is 0 Å². The van der Waals surface area contributed by atoms with Gasteiger partial charge in [0.2, 0.25) is 0 Å². The van der Waals surface area contributed by atoms with E-state index in [1.165, 1.54) is 12.8 Å². The fraction of sp³-hybridized carbons (Fsp3) is 1.00. The Morgan fingerprint density at radius 3 is 2.14 bits per heavy atom. The lowest BCUT2D eigenvalue weighted by atomic mass is 9.98. The first kappa shape index (κ1) is 13.9. The predicted octanol–water partition coefficient (Wildman–Crippen LogP) is 2.83. The average Bonchev–Trinajstić information content (AvgIpc) is 2.16. The molecule has 0 rings (SSSR count). The van der Waals surface area contributed by atoms with Gasteiger partial charge in [-0.2, -0.15) is 0 Å². The van der Waals surface area contributed by atoms with E-state index in [2.05, 4.69) is 33.0 Å². The van der Waals surface area contributed by atoms with Gasteiger partial charge in [-0.1, -0.05) is 20.8 Å². The van der Waals surface area contributed by atoms with Gasteiger partial charge in [0, 0.05) is 12.6 Å². The molecule has 0 heterocycles. The minimum Gasteiger partial charge on any atom is -0.377 e. The summed E-state index contributed by atoms with van der Waals surface area (Å²) in [4.78, 5) is 0. The second-order valence-electron chi connectivity index (χ2n) is 4.27. The number of likely N-dealkylation sites (N-methyl/N-ethyl adjacent to an activating group) is 1. The molecule has 0 bridgehead atoms. The largest absolute Gasteiger partial charge is 0.377 e. The molecule has 14 heavy (non-hydrogen) atoms. The zero-order valence-corrected chi connectivity index (χ0v) is 10.5. The van der Waals surface area contributed by atoms with Crippen molar-refractivity contribution in [1.29, 1.82) is 0 Å². The molecule has 1 N–H and O–H groups in total. The summed E-state index contributed by atoms with van der Waals surface area (Å²) < 4.78 is 5.71. The molecule has 2 unspecified atom stereocenters. The molecule has 0 aromatic heterocycles. The van der Waals surface area contributed by atoms with Crippen LogP contribution in [-0.4, -0.2) is 25.8 Å². The van der Waals surface area contributed by atoms with Gasteiger partial charge in [-0.15, -0.1) is 0 Å². The lowest BCUT2D eigenvalue weighted by molar-refractivity contribution is 0.0303. The van der Waals surface area contributed by atoms with Gasteiger partial charge in [-0.25, -0.2) is 0 Å². The van der Waals surface area contributed by atoms with Gasteiger partial charge >= 0.3 is 0 Å². The Morgan fingerprint density at radius 1 is 1.14 bits per heavy atom. The normalized spacial score (nSPS) is 15.9. The first-order valence-electron chi connectivity index (χ1n) is 5.94. The molecule has 2 atom stereocenters. The third-order valence-electron chi connectivity index (χ3n) is 2.66. The van der Waals surface area contributed by atoms with E-state index < -0.39 is 0 Å². The molecular weight excluding hydrogens is 174 g/mol. The van der Waals surface area contributed by atoms with Crippen molar-refractivity contribution in [2.24, 2.45) is 5.92 Å². The van der Waals surface area contributed by atoms with Gasteiger partial charge in [0.05, 0.1) is 6.10 Å². The topological polar surface area (TPSA) is 21.3 Å². The van der Waals surface area contributed by atoms with Gasteiger partial charge in [-0.05, 0) is 39.2 Å². The molecule has 0 amide bonds. The number of hydrogen-bond donors (Lipinski definition) is 1. The number of ether oxygens (including phenoxy) is 1. The van der Waals surface area contributed by atoms with E-state index in [0.717, 1.165) is 18.9 Å². The highest BCUT2D eigenvalue weighted by atomic mass is 16.5. The van der Waals surface area contributed by atoms with E-state index in [9.17, 15) is 0 Å². The average molecular weight is 201 g/mol. The van der Waals surface area contributed by atoms with Crippen LogP contribution in [0, 0.1) is 5.92 Å². The molecule has 0 aliphatic carbocycles. The Balaban J connectivity index is 3.94. The summed E-state index contributed by atoms with van der Waals surface area (Å²) in [5, 5.41) is 3.37. The van der Waals surface area contributed by atoms with Crippen molar-refractivity contribution in [3.63, 3.8) is 0 Å². The molecule has 0 spiro atoms. The maximum absolute atomic E-state index is 5.71. The molecule has 0 aliphatic rings. The van der Waals surface area contributed by atoms with Crippen molar-refractivity contribution < 1.29 is 4.74 Å². The third-order valence-corrected chi connectivity index (χ3v) is 2.66. The molecule has 86 valence electrons. The highest BCUT2D eigenvalue weighted by molar-refractivity contribution is 4.75. The maximum atomic E-state index is 5.71. The van der Waals surface area contributed by atoms with Gasteiger partial charge in [0.25, 0.3) is 0 Å². The summed E-state index contributed by atoms with van der Waals surface area (Å²) in [6, 6.07) is 0.516. The molecule has 0 aromatic carbocycles. The number of nitrogens with one attached hydrogen (secondary N) is 1. The summed E-state index contributed by atoms with van der Waals surface area (Å²) in [7, 11) is 2.03. The first-order valence-corrected chi connectivity index (χ1v) is 5.94. The van der Waals surface area contributed by atoms with Crippen molar-refractivity contribution >= 4 is 0 Å². The van der Waals surface area contributed by atoms with Gasteiger partial charge in [0.15, 0.2) is 0 Å². The quantitative estimate of drug-likeness (QED) is 0.652. The van der Waals surface area contributed by atoms with E-state index >= 15 is 0 Å². The zero-order chi connectivity index (χ0) is 11.0. The lowest BCUT2D eigenvalue weighted by Gasteiger charge is -2.26. The van der Waals surface area contributed by atoms with E-state index in [-0.39, 0.29) is 0 Å². The van der Waals surface area contributed by atoms with E-state index in [4.69, 9.17) is 4.74 Å². The lowest BCUT2D eigenvalue weighted by Crippen LogP contribution is -2.39. The molecule has 2 heteroatoms. The Kier molecular flexibility index (Phi) is 8.20. The van der Waals surface area contributed by atoms with Crippen LogP contribution in [0.1, 0.15) is 47.0 Å². The van der Waals surface area contributed by atoms with Crippen LogP contribution in [0.3, 0.4) is 0 Å². The van der Waals surface area contributed by atoms with Crippen LogP contribution >= 0.6 is 0 Å². The van der Waals surface area contributed by atoms with Gasteiger partial charge in [-0.3, -0.25) is 0 Å². The summed E-state index contributed by atoms with van der Waals surface area (Å²) in [6.45, 7) is 9.62. The van der Waals surface area contributed by atoms with Gasteiger partial charge < -0.3 is 10.1 Å². The van der Waals surface area contributed by atoms with E-state index in [1.807, 2.05) is 7.05 Å². The monoisotopic (exact) mass is 201 g/mol. The van der Waals surface area contributed by atoms with Crippen LogP contribution in [0.15, 0.2) is 0 Å². The second kappa shape index (κ2) is 8.25. The minimum absolute atomic E-state index is 0.378. The molecule has 0 saturated carbocycles. The Labute approximate surface area is 89.4 Å². The summed E-state index contributed by atoms with van der Waals surface area (Å²) >= 11 is 0. The van der Waals surface area contributed by atoms with Crippen molar-refractivity contribution in [2.75, 3.05) is 13.7 Å². The molecular formula is C12H27NO. The Bertz CT molecular complexity index is 125.